The largest absolute Gasteiger partial charge is 0.491 e. The van der Waals surface area contributed by atoms with Gasteiger partial charge in [0, 0.05) is 0 Å². The van der Waals surface area contributed by atoms with E-state index in [4.69, 9.17) is 9.84 Å². The van der Waals surface area contributed by atoms with Crippen molar-refractivity contribution in [3.63, 3.8) is 0 Å². The van der Waals surface area contributed by atoms with E-state index >= 15 is 0 Å². The number of nitrogens with zero attached hydrogens (tertiary/aromatic N) is 2. The van der Waals surface area contributed by atoms with Crippen molar-refractivity contribution < 1.29 is 14.6 Å². The molecule has 0 saturated carbocycles. The highest BCUT2D eigenvalue weighted by Crippen LogP contribution is 2.17. The Labute approximate surface area is 129 Å². The topological polar surface area (TPSA) is 81.4 Å². The lowest BCUT2D eigenvalue weighted by atomic mass is 10.2. The highest BCUT2D eigenvalue weighted by Gasteiger charge is 2.10. The van der Waals surface area contributed by atoms with E-state index < -0.39 is 5.97 Å². The molecule has 0 radical (unpaired) electrons. The molecule has 0 spiro atoms. The molecule has 0 atom stereocenters. The van der Waals surface area contributed by atoms with E-state index in [0.717, 1.165) is 0 Å². The maximum atomic E-state index is 11.9. The van der Waals surface area contributed by atoms with E-state index in [-0.39, 0.29) is 30.0 Å². The third kappa shape index (κ3) is 3.49. The number of para-hydroxylation sites is 1. The lowest BCUT2D eigenvalue weighted by Gasteiger charge is -2.10. The molecular weight excluding hydrogens is 340 g/mol. The maximum Gasteiger partial charge on any atom is 0.339 e. The molecule has 0 amide bonds. The first-order valence-electron chi connectivity index (χ1n) is 6.17. The first-order chi connectivity index (χ1) is 10.0. The summed E-state index contributed by atoms with van der Waals surface area (Å²) in [6, 6.07) is 6.36. The minimum absolute atomic E-state index is 0.0908. The summed E-state index contributed by atoms with van der Waals surface area (Å²) < 4.78 is 7.26. The smallest absolute Gasteiger partial charge is 0.339 e. The van der Waals surface area contributed by atoms with Gasteiger partial charge in [0.15, 0.2) is 0 Å². The minimum atomic E-state index is -1.05. The number of hydrogen-bond donors (Lipinski definition) is 1. The number of halogens is 1. The average Bonchev–Trinajstić information content (AvgIpc) is 2.47. The molecule has 0 aliphatic heterocycles. The van der Waals surface area contributed by atoms with Gasteiger partial charge in [-0.25, -0.2) is 9.78 Å². The molecule has 1 aromatic carbocycles. The van der Waals surface area contributed by atoms with Crippen LogP contribution >= 0.6 is 15.9 Å². The van der Waals surface area contributed by atoms with Crippen molar-refractivity contribution in [2.45, 2.75) is 13.5 Å². The van der Waals surface area contributed by atoms with Gasteiger partial charge in [0.25, 0.3) is 5.56 Å². The molecule has 1 N–H and O–H groups in total. The Morgan fingerprint density at radius 2 is 2.14 bits per heavy atom. The first-order valence-corrected chi connectivity index (χ1v) is 6.96. The number of aromatic carboxylic acids is 1. The number of hydrogen-bond acceptors (Lipinski definition) is 4. The molecule has 6 nitrogen and oxygen atoms in total. The van der Waals surface area contributed by atoms with E-state index in [1.54, 1.807) is 25.1 Å². The van der Waals surface area contributed by atoms with Gasteiger partial charge in [0.05, 0.1) is 18.6 Å². The standard InChI is InChI=1S/C14H13BrN2O4/c1-9-12(15)13(18)17(8-16-9)6-7-21-11-5-3-2-4-10(11)14(19)20/h2-5,8H,6-7H2,1H3,(H,19,20). The van der Waals surface area contributed by atoms with Gasteiger partial charge in [-0.1, -0.05) is 12.1 Å². The van der Waals surface area contributed by atoms with Crippen LogP contribution in [0, 0.1) is 6.92 Å². The van der Waals surface area contributed by atoms with Gasteiger partial charge >= 0.3 is 5.97 Å². The predicted molar refractivity (Wildman–Crippen MR) is 79.8 cm³/mol. The van der Waals surface area contributed by atoms with E-state index in [2.05, 4.69) is 20.9 Å². The second-order valence-corrected chi connectivity index (χ2v) is 5.09. The molecule has 0 bridgehead atoms. The van der Waals surface area contributed by atoms with Crippen LogP contribution in [0.25, 0.3) is 0 Å². The summed E-state index contributed by atoms with van der Waals surface area (Å²) in [6.07, 6.45) is 1.44. The van der Waals surface area contributed by atoms with Gasteiger partial charge in [-0.3, -0.25) is 9.36 Å². The lowest BCUT2D eigenvalue weighted by Crippen LogP contribution is -2.25. The van der Waals surface area contributed by atoms with Crippen LogP contribution in [0.5, 0.6) is 5.75 Å². The Hall–Kier alpha value is -2.15. The Balaban J connectivity index is 2.08. The molecule has 0 saturated heterocycles. The number of aromatic nitrogens is 2. The molecule has 21 heavy (non-hydrogen) atoms. The molecular formula is C14H13BrN2O4. The molecule has 1 heterocycles. The maximum absolute atomic E-state index is 11.9. The minimum Gasteiger partial charge on any atom is -0.491 e. The SMILES string of the molecule is Cc1ncn(CCOc2ccccc2C(=O)O)c(=O)c1Br. The normalized spacial score (nSPS) is 10.4. The van der Waals surface area contributed by atoms with Crippen LogP contribution in [0.4, 0.5) is 0 Å². The zero-order chi connectivity index (χ0) is 15.4. The zero-order valence-corrected chi connectivity index (χ0v) is 12.8. The molecule has 1 aromatic heterocycles. The Morgan fingerprint density at radius 1 is 1.43 bits per heavy atom. The monoisotopic (exact) mass is 352 g/mol. The van der Waals surface area contributed by atoms with Crippen molar-refractivity contribution in [3.05, 3.63) is 56.7 Å². The first kappa shape index (κ1) is 15.2. The lowest BCUT2D eigenvalue weighted by molar-refractivity contribution is 0.0692. The van der Waals surface area contributed by atoms with Gasteiger partial charge in [-0.15, -0.1) is 0 Å². The van der Waals surface area contributed by atoms with Gasteiger partial charge in [-0.2, -0.15) is 0 Å². The van der Waals surface area contributed by atoms with Crippen LogP contribution in [-0.4, -0.2) is 27.2 Å². The van der Waals surface area contributed by atoms with E-state index in [0.29, 0.717) is 10.2 Å². The van der Waals surface area contributed by atoms with Gasteiger partial charge in [0.1, 0.15) is 22.4 Å². The number of carboxylic acid groups (broad SMARTS) is 1. The van der Waals surface area contributed by atoms with E-state index in [1.165, 1.54) is 17.0 Å². The summed E-state index contributed by atoms with van der Waals surface area (Å²) in [4.78, 5) is 27.1. The molecule has 110 valence electrons. The van der Waals surface area contributed by atoms with Crippen molar-refractivity contribution in [2.75, 3.05) is 6.61 Å². The summed E-state index contributed by atoms with van der Waals surface area (Å²) >= 11 is 3.18. The van der Waals surface area contributed by atoms with Gasteiger partial charge in [-0.05, 0) is 35.0 Å². The van der Waals surface area contributed by atoms with Crippen LogP contribution in [0.3, 0.4) is 0 Å². The highest BCUT2D eigenvalue weighted by atomic mass is 79.9. The number of carboxylic acids is 1. The molecule has 0 aliphatic rings. The van der Waals surface area contributed by atoms with Crippen LogP contribution in [0.2, 0.25) is 0 Å². The van der Waals surface area contributed by atoms with Crippen LogP contribution < -0.4 is 10.3 Å². The van der Waals surface area contributed by atoms with Crippen molar-refractivity contribution in [2.24, 2.45) is 0 Å². The third-order valence-corrected chi connectivity index (χ3v) is 3.78. The number of rotatable bonds is 5. The van der Waals surface area contributed by atoms with Gasteiger partial charge < -0.3 is 9.84 Å². The molecule has 2 rings (SSSR count). The van der Waals surface area contributed by atoms with E-state index in [1.807, 2.05) is 0 Å². The van der Waals surface area contributed by atoms with Crippen LogP contribution in [0.1, 0.15) is 16.1 Å². The summed E-state index contributed by atoms with van der Waals surface area (Å²) in [5, 5.41) is 9.04. The van der Waals surface area contributed by atoms with Crippen molar-refractivity contribution >= 4 is 21.9 Å². The summed E-state index contributed by atoms with van der Waals surface area (Å²) in [7, 11) is 0. The van der Waals surface area contributed by atoms with E-state index in [9.17, 15) is 9.59 Å². The summed E-state index contributed by atoms with van der Waals surface area (Å²) in [5.74, 6) is -0.778. The fourth-order valence-corrected chi connectivity index (χ4v) is 2.06. The number of aryl methyl sites for hydroxylation is 1. The van der Waals surface area contributed by atoms with Crippen molar-refractivity contribution in [1.82, 2.24) is 9.55 Å². The second-order valence-electron chi connectivity index (χ2n) is 4.29. The van der Waals surface area contributed by atoms with Crippen molar-refractivity contribution in [1.29, 1.82) is 0 Å². The van der Waals surface area contributed by atoms with Crippen LogP contribution in [-0.2, 0) is 6.54 Å². The second kappa shape index (κ2) is 6.53. The highest BCUT2D eigenvalue weighted by molar-refractivity contribution is 9.10. The van der Waals surface area contributed by atoms with Gasteiger partial charge in [0.2, 0.25) is 0 Å². The Bertz CT molecular complexity index is 727. The average molecular weight is 353 g/mol. The fourth-order valence-electron chi connectivity index (χ4n) is 1.73. The third-order valence-electron chi connectivity index (χ3n) is 2.86. The Morgan fingerprint density at radius 3 is 2.86 bits per heavy atom. The fraction of sp³-hybridized carbons (Fsp3) is 0.214. The summed E-state index contributed by atoms with van der Waals surface area (Å²) in [6.45, 7) is 2.18. The number of carbonyl (C=O) groups is 1. The van der Waals surface area contributed by atoms with Crippen LogP contribution in [0.15, 0.2) is 39.9 Å². The number of ether oxygens (including phenoxy) is 1. The molecule has 0 unspecified atom stereocenters. The molecule has 7 heteroatoms. The molecule has 0 fully saturated rings. The van der Waals surface area contributed by atoms with Crippen molar-refractivity contribution in [3.8, 4) is 5.75 Å². The quantitative estimate of drug-likeness (QED) is 0.890. The summed E-state index contributed by atoms with van der Waals surface area (Å²) in [5.41, 5.74) is 0.513. The predicted octanol–water partition coefficient (Wildman–Crippen LogP) is 2.09. The number of benzene rings is 1. The Kier molecular flexibility index (Phi) is 4.74. The zero-order valence-electron chi connectivity index (χ0n) is 11.2. The molecule has 0 aliphatic carbocycles. The molecule has 2 aromatic rings.